The molecule has 0 fully saturated rings. The smallest absolute Gasteiger partial charge is 0.0508 e. The highest BCUT2D eigenvalue weighted by Crippen LogP contribution is 2.40. The third-order valence-corrected chi connectivity index (χ3v) is 3.47. The zero-order valence-electron chi connectivity index (χ0n) is 10.2. The maximum atomic E-state index is 6.28. The molecule has 0 heterocycles. The molecule has 0 bridgehead atoms. The summed E-state index contributed by atoms with van der Waals surface area (Å²) in [6, 6.07) is 7.23. The van der Waals surface area contributed by atoms with Crippen molar-refractivity contribution in [3.8, 4) is 11.1 Å². The van der Waals surface area contributed by atoms with E-state index in [1.54, 1.807) is 12.1 Å². The fourth-order valence-corrected chi connectivity index (χ4v) is 2.91. The quantitative estimate of drug-likeness (QED) is 0.759. The molecule has 0 aromatic heterocycles. The van der Waals surface area contributed by atoms with Gasteiger partial charge in [0.15, 0.2) is 0 Å². The molecule has 0 spiro atoms. The minimum Gasteiger partial charge on any atom is -0.399 e. The minimum atomic E-state index is 0.599. The third-order valence-electron chi connectivity index (χ3n) is 2.87. The van der Waals surface area contributed by atoms with Crippen LogP contribution in [-0.2, 0) is 0 Å². The van der Waals surface area contributed by atoms with Crippen molar-refractivity contribution in [3.05, 3.63) is 45.4 Å². The van der Waals surface area contributed by atoms with Crippen molar-refractivity contribution in [3.63, 3.8) is 0 Å². The number of hydrogen-bond donors (Lipinski definition) is 2. The Kier molecular flexibility index (Phi) is 3.42. The van der Waals surface area contributed by atoms with Crippen LogP contribution in [0.5, 0.6) is 0 Å². The standard InChI is InChI=1S/C14H14Cl2N2/c1-7-3-9(17)5-11(15)13(7)14-8(2)4-10(18)6-12(14)16/h3-6H,17-18H2,1-2H3. The van der Waals surface area contributed by atoms with E-state index in [-0.39, 0.29) is 0 Å². The van der Waals surface area contributed by atoms with Crippen molar-refractivity contribution in [1.82, 2.24) is 0 Å². The molecule has 2 aromatic rings. The van der Waals surface area contributed by atoms with Gasteiger partial charge in [-0.3, -0.25) is 0 Å². The number of halogens is 2. The molecule has 2 rings (SSSR count). The Balaban J connectivity index is 2.78. The lowest BCUT2D eigenvalue weighted by atomic mass is 9.95. The molecule has 0 radical (unpaired) electrons. The first-order valence-electron chi connectivity index (χ1n) is 5.51. The Morgan fingerprint density at radius 2 is 1.06 bits per heavy atom. The maximum Gasteiger partial charge on any atom is 0.0508 e. The highest BCUT2D eigenvalue weighted by Gasteiger charge is 2.14. The lowest BCUT2D eigenvalue weighted by Crippen LogP contribution is -1.95. The SMILES string of the molecule is Cc1cc(N)cc(Cl)c1-c1c(C)cc(N)cc1Cl. The topological polar surface area (TPSA) is 52.0 Å². The van der Waals surface area contributed by atoms with Crippen LogP contribution in [0.3, 0.4) is 0 Å². The highest BCUT2D eigenvalue weighted by atomic mass is 35.5. The van der Waals surface area contributed by atoms with Gasteiger partial charge in [0.05, 0.1) is 10.0 Å². The number of anilines is 2. The summed E-state index contributed by atoms with van der Waals surface area (Å²) < 4.78 is 0. The van der Waals surface area contributed by atoms with Crippen LogP contribution in [0, 0.1) is 13.8 Å². The molecule has 18 heavy (non-hydrogen) atoms. The molecule has 0 saturated carbocycles. The number of aryl methyl sites for hydroxylation is 2. The van der Waals surface area contributed by atoms with E-state index in [2.05, 4.69) is 0 Å². The number of nitrogen functional groups attached to an aromatic ring is 2. The van der Waals surface area contributed by atoms with E-state index in [1.165, 1.54) is 0 Å². The van der Waals surface area contributed by atoms with Gasteiger partial charge in [-0.1, -0.05) is 23.2 Å². The van der Waals surface area contributed by atoms with Gasteiger partial charge in [0.2, 0.25) is 0 Å². The molecule has 0 unspecified atom stereocenters. The first-order chi connectivity index (χ1) is 8.40. The predicted molar refractivity (Wildman–Crippen MR) is 80.2 cm³/mol. The van der Waals surface area contributed by atoms with Crippen molar-refractivity contribution in [1.29, 1.82) is 0 Å². The van der Waals surface area contributed by atoms with E-state index in [0.29, 0.717) is 21.4 Å². The van der Waals surface area contributed by atoms with Crippen LogP contribution in [0.25, 0.3) is 11.1 Å². The monoisotopic (exact) mass is 280 g/mol. The second kappa shape index (κ2) is 4.71. The molecular formula is C14H14Cl2N2. The third kappa shape index (κ3) is 2.26. The summed E-state index contributed by atoms with van der Waals surface area (Å²) in [5.74, 6) is 0. The first-order valence-corrected chi connectivity index (χ1v) is 6.27. The summed E-state index contributed by atoms with van der Waals surface area (Å²) in [6.07, 6.45) is 0. The number of nitrogens with two attached hydrogens (primary N) is 2. The van der Waals surface area contributed by atoms with Gasteiger partial charge in [-0.05, 0) is 49.2 Å². The van der Waals surface area contributed by atoms with Gasteiger partial charge >= 0.3 is 0 Å². The van der Waals surface area contributed by atoms with Crippen LogP contribution in [0.1, 0.15) is 11.1 Å². The van der Waals surface area contributed by atoms with Crippen molar-refractivity contribution < 1.29 is 0 Å². The number of benzene rings is 2. The molecule has 0 atom stereocenters. The molecular weight excluding hydrogens is 267 g/mol. The van der Waals surface area contributed by atoms with Crippen molar-refractivity contribution in [2.45, 2.75) is 13.8 Å². The fraction of sp³-hybridized carbons (Fsp3) is 0.143. The zero-order valence-corrected chi connectivity index (χ0v) is 11.7. The summed E-state index contributed by atoms with van der Waals surface area (Å²) in [5.41, 5.74) is 16.6. The number of hydrogen-bond acceptors (Lipinski definition) is 2. The molecule has 4 N–H and O–H groups in total. The fourth-order valence-electron chi connectivity index (χ4n) is 2.17. The Bertz CT molecular complexity index is 520. The summed E-state index contributed by atoms with van der Waals surface area (Å²) in [6.45, 7) is 3.92. The average molecular weight is 281 g/mol. The molecule has 0 aliphatic rings. The molecule has 4 heteroatoms. The van der Waals surface area contributed by atoms with Gasteiger partial charge in [0.25, 0.3) is 0 Å². The molecule has 0 aliphatic heterocycles. The van der Waals surface area contributed by atoms with Gasteiger partial charge in [0.1, 0.15) is 0 Å². The molecule has 0 aliphatic carbocycles. The summed E-state index contributed by atoms with van der Waals surface area (Å²) in [4.78, 5) is 0. The Morgan fingerprint density at radius 3 is 1.33 bits per heavy atom. The highest BCUT2D eigenvalue weighted by molar-refractivity contribution is 6.37. The average Bonchev–Trinajstić information content (AvgIpc) is 2.20. The normalized spacial score (nSPS) is 10.7. The molecule has 0 saturated heterocycles. The van der Waals surface area contributed by atoms with Crippen molar-refractivity contribution in [2.24, 2.45) is 0 Å². The van der Waals surface area contributed by atoms with Crippen molar-refractivity contribution >= 4 is 34.6 Å². The van der Waals surface area contributed by atoms with Crippen molar-refractivity contribution in [2.75, 3.05) is 11.5 Å². The van der Waals surface area contributed by atoms with Crippen LogP contribution in [0.2, 0.25) is 10.0 Å². The van der Waals surface area contributed by atoms with Gasteiger partial charge in [-0.2, -0.15) is 0 Å². The van der Waals surface area contributed by atoms with E-state index in [9.17, 15) is 0 Å². The van der Waals surface area contributed by atoms with Gasteiger partial charge in [0, 0.05) is 22.5 Å². The van der Waals surface area contributed by atoms with E-state index >= 15 is 0 Å². The Hall–Kier alpha value is -1.38. The second-order valence-electron chi connectivity index (χ2n) is 4.39. The lowest BCUT2D eigenvalue weighted by Gasteiger charge is -2.15. The predicted octanol–water partition coefficient (Wildman–Crippen LogP) is 4.44. The summed E-state index contributed by atoms with van der Waals surface area (Å²) in [7, 11) is 0. The Labute approximate surface area is 117 Å². The minimum absolute atomic E-state index is 0.599. The molecule has 2 nitrogen and oxygen atoms in total. The first kappa shape index (κ1) is 13.1. The van der Waals surface area contributed by atoms with Gasteiger partial charge in [-0.15, -0.1) is 0 Å². The molecule has 0 amide bonds. The van der Waals surface area contributed by atoms with E-state index in [4.69, 9.17) is 34.7 Å². The lowest BCUT2D eigenvalue weighted by molar-refractivity contribution is 1.41. The zero-order chi connectivity index (χ0) is 13.4. The van der Waals surface area contributed by atoms with E-state index in [0.717, 1.165) is 22.3 Å². The van der Waals surface area contributed by atoms with Crippen LogP contribution >= 0.6 is 23.2 Å². The van der Waals surface area contributed by atoms with Crippen LogP contribution in [0.15, 0.2) is 24.3 Å². The molecule has 2 aromatic carbocycles. The maximum absolute atomic E-state index is 6.28. The van der Waals surface area contributed by atoms with E-state index in [1.807, 2.05) is 26.0 Å². The van der Waals surface area contributed by atoms with Crippen LogP contribution in [-0.4, -0.2) is 0 Å². The molecule has 94 valence electrons. The number of rotatable bonds is 1. The second-order valence-corrected chi connectivity index (χ2v) is 5.20. The summed E-state index contributed by atoms with van der Waals surface area (Å²) >= 11 is 12.6. The summed E-state index contributed by atoms with van der Waals surface area (Å²) in [5, 5.41) is 1.20. The van der Waals surface area contributed by atoms with E-state index < -0.39 is 0 Å². The van der Waals surface area contributed by atoms with Crippen LogP contribution in [0.4, 0.5) is 11.4 Å². The largest absolute Gasteiger partial charge is 0.399 e. The van der Waals surface area contributed by atoms with Gasteiger partial charge in [-0.25, -0.2) is 0 Å². The van der Waals surface area contributed by atoms with Gasteiger partial charge < -0.3 is 11.5 Å². The van der Waals surface area contributed by atoms with Crippen LogP contribution < -0.4 is 11.5 Å². The Morgan fingerprint density at radius 1 is 0.722 bits per heavy atom.